The van der Waals surface area contributed by atoms with Crippen LogP contribution in [0.15, 0.2) is 35.9 Å². The van der Waals surface area contributed by atoms with Crippen LogP contribution in [0.5, 0.6) is 0 Å². The molecule has 0 radical (unpaired) electrons. The maximum absolute atomic E-state index is 12.2. The minimum atomic E-state index is -0.146. The molecule has 1 aliphatic carbocycles. The first-order valence-corrected chi connectivity index (χ1v) is 8.35. The van der Waals surface area contributed by atoms with Gasteiger partial charge >= 0.3 is 0 Å². The highest BCUT2D eigenvalue weighted by Gasteiger charge is 2.15. The van der Waals surface area contributed by atoms with Crippen molar-refractivity contribution in [3.63, 3.8) is 0 Å². The summed E-state index contributed by atoms with van der Waals surface area (Å²) in [5.41, 5.74) is 3.24. The maximum Gasteiger partial charge on any atom is 0.244 e. The van der Waals surface area contributed by atoms with E-state index in [1.54, 1.807) is 4.90 Å². The number of anilines is 1. The summed E-state index contributed by atoms with van der Waals surface area (Å²) in [5, 5.41) is 2.89. The third-order valence-electron chi connectivity index (χ3n) is 4.29. The van der Waals surface area contributed by atoms with Gasteiger partial charge in [-0.3, -0.25) is 9.59 Å². The molecule has 0 saturated carbocycles. The Kier molecular flexibility index (Phi) is 6.39. The SMILES string of the molecule is CC(=O)N(CCC1=CCCCC1)CC(=O)Nc1ccccc1C. The molecule has 2 amide bonds. The average molecular weight is 314 g/mol. The fourth-order valence-electron chi connectivity index (χ4n) is 2.83. The molecule has 0 aliphatic heterocycles. The molecule has 4 heteroatoms. The van der Waals surface area contributed by atoms with Crippen molar-refractivity contribution in [2.24, 2.45) is 0 Å². The van der Waals surface area contributed by atoms with Crippen LogP contribution in [0.25, 0.3) is 0 Å². The summed E-state index contributed by atoms with van der Waals surface area (Å²) in [6.07, 6.45) is 7.93. The Morgan fingerprint density at radius 1 is 1.22 bits per heavy atom. The molecule has 23 heavy (non-hydrogen) atoms. The topological polar surface area (TPSA) is 49.4 Å². The summed E-state index contributed by atoms with van der Waals surface area (Å²) >= 11 is 0. The fourth-order valence-corrected chi connectivity index (χ4v) is 2.83. The number of nitrogens with one attached hydrogen (secondary N) is 1. The van der Waals surface area contributed by atoms with Crippen molar-refractivity contribution in [1.29, 1.82) is 0 Å². The van der Waals surface area contributed by atoms with Gasteiger partial charge in [-0.05, 0) is 50.7 Å². The minimum Gasteiger partial charge on any atom is -0.333 e. The van der Waals surface area contributed by atoms with E-state index >= 15 is 0 Å². The van der Waals surface area contributed by atoms with E-state index in [4.69, 9.17) is 0 Å². The molecule has 0 spiro atoms. The van der Waals surface area contributed by atoms with Crippen molar-refractivity contribution in [2.45, 2.75) is 46.0 Å². The lowest BCUT2D eigenvalue weighted by atomic mass is 9.97. The second-order valence-corrected chi connectivity index (χ2v) is 6.16. The maximum atomic E-state index is 12.2. The number of para-hydroxylation sites is 1. The molecule has 1 N–H and O–H groups in total. The summed E-state index contributed by atoms with van der Waals surface area (Å²) in [5.74, 6) is -0.200. The molecule has 0 saturated heterocycles. The second kappa shape index (κ2) is 8.51. The zero-order valence-corrected chi connectivity index (χ0v) is 14.1. The number of hydrogen-bond acceptors (Lipinski definition) is 2. The van der Waals surface area contributed by atoms with E-state index in [1.165, 1.54) is 25.3 Å². The molecule has 0 bridgehead atoms. The Labute approximate surface area is 138 Å². The van der Waals surface area contributed by atoms with Gasteiger partial charge in [0.2, 0.25) is 11.8 Å². The van der Waals surface area contributed by atoms with Crippen LogP contribution in [0, 0.1) is 6.92 Å². The number of carbonyl (C=O) groups is 2. The molecule has 0 unspecified atom stereocenters. The second-order valence-electron chi connectivity index (χ2n) is 6.16. The first-order valence-electron chi connectivity index (χ1n) is 8.35. The van der Waals surface area contributed by atoms with Crippen LogP contribution in [0.1, 0.15) is 44.6 Å². The molecule has 0 aromatic heterocycles. The van der Waals surface area contributed by atoms with E-state index in [9.17, 15) is 9.59 Å². The van der Waals surface area contributed by atoms with E-state index in [-0.39, 0.29) is 18.4 Å². The third kappa shape index (κ3) is 5.55. The molecule has 2 rings (SSSR count). The largest absolute Gasteiger partial charge is 0.333 e. The number of benzene rings is 1. The average Bonchev–Trinajstić information content (AvgIpc) is 2.54. The van der Waals surface area contributed by atoms with Crippen molar-refractivity contribution in [3.05, 3.63) is 41.5 Å². The number of aryl methyl sites for hydroxylation is 1. The Morgan fingerprint density at radius 2 is 2.00 bits per heavy atom. The number of nitrogens with zero attached hydrogens (tertiary/aromatic N) is 1. The molecular weight excluding hydrogens is 288 g/mol. The normalized spacial score (nSPS) is 14.1. The Hall–Kier alpha value is -2.10. The van der Waals surface area contributed by atoms with E-state index in [1.807, 2.05) is 31.2 Å². The number of hydrogen-bond donors (Lipinski definition) is 1. The summed E-state index contributed by atoms with van der Waals surface area (Å²) in [6, 6.07) is 7.65. The summed E-state index contributed by atoms with van der Waals surface area (Å²) < 4.78 is 0. The van der Waals surface area contributed by atoms with Crippen molar-refractivity contribution < 1.29 is 9.59 Å². The van der Waals surface area contributed by atoms with Crippen LogP contribution in [-0.4, -0.2) is 29.8 Å². The highest BCUT2D eigenvalue weighted by Crippen LogP contribution is 2.20. The number of amides is 2. The molecule has 1 aliphatic rings. The summed E-state index contributed by atoms with van der Waals surface area (Å²) in [4.78, 5) is 25.6. The monoisotopic (exact) mass is 314 g/mol. The third-order valence-corrected chi connectivity index (χ3v) is 4.29. The van der Waals surface area contributed by atoms with Crippen molar-refractivity contribution in [2.75, 3.05) is 18.4 Å². The van der Waals surface area contributed by atoms with Gasteiger partial charge in [-0.15, -0.1) is 0 Å². The fraction of sp³-hybridized carbons (Fsp3) is 0.474. The number of rotatable bonds is 6. The van der Waals surface area contributed by atoms with E-state index in [0.717, 1.165) is 30.5 Å². The van der Waals surface area contributed by atoms with Crippen LogP contribution in [0.3, 0.4) is 0 Å². The highest BCUT2D eigenvalue weighted by molar-refractivity contribution is 5.94. The van der Waals surface area contributed by atoms with Crippen LogP contribution < -0.4 is 5.32 Å². The van der Waals surface area contributed by atoms with Crippen molar-refractivity contribution >= 4 is 17.5 Å². The van der Waals surface area contributed by atoms with Crippen LogP contribution in [0.2, 0.25) is 0 Å². The lowest BCUT2D eigenvalue weighted by Crippen LogP contribution is -2.37. The van der Waals surface area contributed by atoms with Crippen LogP contribution >= 0.6 is 0 Å². The quantitative estimate of drug-likeness (QED) is 0.814. The summed E-state index contributed by atoms with van der Waals surface area (Å²) in [7, 11) is 0. The Morgan fingerprint density at radius 3 is 2.65 bits per heavy atom. The van der Waals surface area contributed by atoms with Crippen LogP contribution in [-0.2, 0) is 9.59 Å². The van der Waals surface area contributed by atoms with Gasteiger partial charge in [0, 0.05) is 19.2 Å². The lowest BCUT2D eigenvalue weighted by Gasteiger charge is -2.22. The Balaban J connectivity index is 1.88. The van der Waals surface area contributed by atoms with E-state index in [2.05, 4.69) is 11.4 Å². The zero-order chi connectivity index (χ0) is 16.7. The predicted molar refractivity (Wildman–Crippen MR) is 93.2 cm³/mol. The van der Waals surface area contributed by atoms with Gasteiger partial charge in [0.05, 0.1) is 6.54 Å². The first kappa shape index (κ1) is 17.3. The van der Waals surface area contributed by atoms with Gasteiger partial charge in [-0.25, -0.2) is 0 Å². The van der Waals surface area contributed by atoms with Gasteiger partial charge in [0.25, 0.3) is 0 Å². The molecule has 0 heterocycles. The van der Waals surface area contributed by atoms with Crippen LogP contribution in [0.4, 0.5) is 5.69 Å². The Bertz CT molecular complexity index is 593. The standard InChI is InChI=1S/C19H26N2O2/c1-15-8-6-7-11-18(15)20-19(23)14-21(16(2)22)13-12-17-9-4-3-5-10-17/h6-9,11H,3-5,10,12-14H2,1-2H3,(H,20,23). The molecule has 1 aromatic rings. The van der Waals surface area contributed by atoms with E-state index < -0.39 is 0 Å². The van der Waals surface area contributed by atoms with Gasteiger partial charge in [-0.2, -0.15) is 0 Å². The van der Waals surface area contributed by atoms with Gasteiger partial charge in [0.15, 0.2) is 0 Å². The van der Waals surface area contributed by atoms with Gasteiger partial charge in [-0.1, -0.05) is 29.8 Å². The highest BCUT2D eigenvalue weighted by atomic mass is 16.2. The van der Waals surface area contributed by atoms with Crippen molar-refractivity contribution in [1.82, 2.24) is 4.90 Å². The number of allylic oxidation sites excluding steroid dienone is 1. The molecular formula is C19H26N2O2. The minimum absolute atomic E-state index is 0.0543. The molecule has 0 atom stereocenters. The lowest BCUT2D eigenvalue weighted by molar-refractivity contribution is -0.132. The van der Waals surface area contributed by atoms with Gasteiger partial charge < -0.3 is 10.2 Å². The molecule has 4 nitrogen and oxygen atoms in total. The zero-order valence-electron chi connectivity index (χ0n) is 14.1. The smallest absolute Gasteiger partial charge is 0.244 e. The summed E-state index contributed by atoms with van der Waals surface area (Å²) in [6.45, 7) is 4.20. The van der Waals surface area contributed by atoms with Gasteiger partial charge in [0.1, 0.15) is 0 Å². The van der Waals surface area contributed by atoms with Crippen molar-refractivity contribution in [3.8, 4) is 0 Å². The molecule has 0 fully saturated rings. The molecule has 1 aromatic carbocycles. The molecule has 124 valence electrons. The first-order chi connectivity index (χ1) is 11.1. The number of carbonyl (C=O) groups excluding carboxylic acids is 2. The predicted octanol–water partition coefficient (Wildman–Crippen LogP) is 3.67. The van der Waals surface area contributed by atoms with E-state index in [0.29, 0.717) is 6.54 Å².